The van der Waals surface area contributed by atoms with Gasteiger partial charge in [-0.25, -0.2) is 8.42 Å². The van der Waals surface area contributed by atoms with Crippen LogP contribution in [0.5, 0.6) is 0 Å². The van der Waals surface area contributed by atoms with Crippen molar-refractivity contribution in [1.82, 2.24) is 10.2 Å². The Labute approximate surface area is 172 Å². The van der Waals surface area contributed by atoms with Gasteiger partial charge in [0.1, 0.15) is 0 Å². The number of nitrogens with one attached hydrogen (secondary N) is 2. The third kappa shape index (κ3) is 5.56. The lowest BCUT2D eigenvalue weighted by atomic mass is 10.1. The summed E-state index contributed by atoms with van der Waals surface area (Å²) in [5, 5.41) is 2.87. The average molecular weight is 418 g/mol. The van der Waals surface area contributed by atoms with E-state index in [1.54, 1.807) is 31.2 Å². The van der Waals surface area contributed by atoms with Gasteiger partial charge >= 0.3 is 0 Å². The Bertz CT molecular complexity index is 970. The number of benzene rings is 2. The summed E-state index contributed by atoms with van der Waals surface area (Å²) in [5.41, 5.74) is 2.25. The van der Waals surface area contributed by atoms with Gasteiger partial charge in [0.05, 0.1) is 23.8 Å². The Morgan fingerprint density at radius 3 is 2.52 bits per heavy atom. The van der Waals surface area contributed by atoms with Crippen molar-refractivity contribution in [2.75, 3.05) is 44.1 Å². The fourth-order valence-electron chi connectivity index (χ4n) is 3.17. The first-order valence-electron chi connectivity index (χ1n) is 9.64. The quantitative estimate of drug-likeness (QED) is 0.721. The second kappa shape index (κ2) is 9.39. The summed E-state index contributed by atoms with van der Waals surface area (Å²) in [5.74, 6) is -0.286. The second-order valence-corrected chi connectivity index (χ2v) is 8.76. The van der Waals surface area contributed by atoms with E-state index >= 15 is 0 Å². The van der Waals surface area contributed by atoms with Crippen LogP contribution in [0.1, 0.15) is 21.5 Å². The van der Waals surface area contributed by atoms with Crippen LogP contribution >= 0.6 is 0 Å². The Balaban J connectivity index is 1.69. The van der Waals surface area contributed by atoms with Gasteiger partial charge in [-0.15, -0.1) is 0 Å². The lowest BCUT2D eigenvalue weighted by Gasteiger charge is -2.26. The zero-order chi connectivity index (χ0) is 20.9. The molecule has 0 bridgehead atoms. The fraction of sp³-hybridized carbons (Fsp3) is 0.381. The zero-order valence-electron chi connectivity index (χ0n) is 16.8. The largest absolute Gasteiger partial charge is 0.379 e. The topological polar surface area (TPSA) is 87.7 Å². The van der Waals surface area contributed by atoms with Crippen LogP contribution in [0.25, 0.3) is 0 Å². The van der Waals surface area contributed by atoms with Crippen LogP contribution in [0, 0.1) is 13.8 Å². The first kappa shape index (κ1) is 21.3. The number of nitrogens with zero attached hydrogens (tertiary/aromatic N) is 1. The van der Waals surface area contributed by atoms with E-state index in [4.69, 9.17) is 4.74 Å². The van der Waals surface area contributed by atoms with E-state index in [9.17, 15) is 13.2 Å². The molecule has 0 aromatic heterocycles. The lowest BCUT2D eigenvalue weighted by Crippen LogP contribution is -2.41. The van der Waals surface area contributed by atoms with Gasteiger partial charge < -0.3 is 10.1 Å². The number of sulfonamides is 1. The molecule has 29 heavy (non-hydrogen) atoms. The highest BCUT2D eigenvalue weighted by Crippen LogP contribution is 2.22. The number of para-hydroxylation sites is 1. The number of morpholine rings is 1. The van der Waals surface area contributed by atoms with Crippen LogP contribution in [-0.2, 0) is 14.8 Å². The highest BCUT2D eigenvalue weighted by molar-refractivity contribution is 7.92. The smallest absolute Gasteiger partial charge is 0.262 e. The van der Waals surface area contributed by atoms with Crippen LogP contribution in [-0.4, -0.2) is 58.6 Å². The SMILES string of the molecule is Cc1ccccc1NS(=O)(=O)c1cc(C(=O)NCCN2CCOCC2)ccc1C. The molecule has 2 N–H and O–H groups in total. The maximum absolute atomic E-state index is 12.9. The summed E-state index contributed by atoms with van der Waals surface area (Å²) in [7, 11) is -3.81. The number of carbonyl (C=O) groups is 1. The minimum absolute atomic E-state index is 0.0987. The number of aryl methyl sites for hydroxylation is 2. The first-order valence-corrected chi connectivity index (χ1v) is 11.1. The number of rotatable bonds is 7. The molecule has 156 valence electrons. The van der Waals surface area contributed by atoms with Crippen molar-refractivity contribution < 1.29 is 17.9 Å². The van der Waals surface area contributed by atoms with Gasteiger partial charge in [-0.3, -0.25) is 14.4 Å². The molecule has 0 saturated carbocycles. The standard InChI is InChI=1S/C21H27N3O4S/c1-16-5-3-4-6-19(16)23-29(26,27)20-15-18(8-7-17(20)2)21(25)22-9-10-24-11-13-28-14-12-24/h3-8,15,23H,9-14H2,1-2H3,(H,22,25). The van der Waals surface area contributed by atoms with Gasteiger partial charge in [-0.05, 0) is 43.2 Å². The number of ether oxygens (including phenoxy) is 1. The molecule has 1 saturated heterocycles. The van der Waals surface area contributed by atoms with E-state index in [2.05, 4.69) is 14.9 Å². The number of hydrogen-bond donors (Lipinski definition) is 2. The highest BCUT2D eigenvalue weighted by Gasteiger charge is 2.20. The summed E-state index contributed by atoms with van der Waals surface area (Å²) < 4.78 is 33.7. The molecule has 0 aliphatic carbocycles. The Morgan fingerprint density at radius 1 is 1.07 bits per heavy atom. The summed E-state index contributed by atoms with van der Waals surface area (Å²) in [6.45, 7) is 7.91. The normalized spacial score (nSPS) is 15.1. The predicted octanol–water partition coefficient (Wildman–Crippen LogP) is 2.17. The molecular weight excluding hydrogens is 390 g/mol. The first-order chi connectivity index (χ1) is 13.9. The molecule has 1 heterocycles. The minimum Gasteiger partial charge on any atom is -0.379 e. The van der Waals surface area contributed by atoms with Gasteiger partial charge in [0.15, 0.2) is 0 Å². The van der Waals surface area contributed by atoms with Crippen molar-refractivity contribution in [3.8, 4) is 0 Å². The molecule has 1 amide bonds. The van der Waals surface area contributed by atoms with Crippen LogP contribution in [0.3, 0.4) is 0 Å². The van der Waals surface area contributed by atoms with E-state index in [0.29, 0.717) is 36.6 Å². The molecule has 1 fully saturated rings. The van der Waals surface area contributed by atoms with Gasteiger partial charge in [-0.1, -0.05) is 24.3 Å². The highest BCUT2D eigenvalue weighted by atomic mass is 32.2. The molecule has 2 aromatic rings. The van der Waals surface area contributed by atoms with Gasteiger partial charge in [0, 0.05) is 31.7 Å². The third-order valence-electron chi connectivity index (χ3n) is 4.95. The summed E-state index contributed by atoms with van der Waals surface area (Å²) in [4.78, 5) is 14.8. The minimum atomic E-state index is -3.81. The number of carbonyl (C=O) groups excluding carboxylic acids is 1. The summed E-state index contributed by atoms with van der Waals surface area (Å²) in [6, 6.07) is 11.9. The second-order valence-electron chi connectivity index (χ2n) is 7.11. The Morgan fingerprint density at radius 2 is 1.79 bits per heavy atom. The molecule has 7 nitrogen and oxygen atoms in total. The van der Waals surface area contributed by atoms with Gasteiger partial charge in [0.25, 0.3) is 15.9 Å². The molecule has 2 aromatic carbocycles. The van der Waals surface area contributed by atoms with Crippen LogP contribution in [0.15, 0.2) is 47.4 Å². The Hall–Kier alpha value is -2.42. The van der Waals surface area contributed by atoms with Crippen molar-refractivity contribution in [3.05, 3.63) is 59.2 Å². The van der Waals surface area contributed by atoms with Gasteiger partial charge in [-0.2, -0.15) is 0 Å². The van der Waals surface area contributed by atoms with E-state index < -0.39 is 10.0 Å². The number of anilines is 1. The maximum atomic E-state index is 12.9. The molecular formula is C21H27N3O4S. The van der Waals surface area contributed by atoms with Crippen LogP contribution < -0.4 is 10.0 Å². The van der Waals surface area contributed by atoms with E-state index in [1.807, 2.05) is 19.1 Å². The zero-order valence-corrected chi connectivity index (χ0v) is 17.6. The molecule has 3 rings (SSSR count). The fourth-order valence-corrected chi connectivity index (χ4v) is 4.57. The molecule has 1 aliphatic heterocycles. The van der Waals surface area contributed by atoms with Crippen molar-refractivity contribution in [2.45, 2.75) is 18.7 Å². The average Bonchev–Trinajstić information content (AvgIpc) is 2.70. The van der Waals surface area contributed by atoms with E-state index in [0.717, 1.165) is 25.2 Å². The molecule has 0 unspecified atom stereocenters. The lowest BCUT2D eigenvalue weighted by molar-refractivity contribution is 0.0383. The summed E-state index contributed by atoms with van der Waals surface area (Å²) >= 11 is 0. The molecule has 0 radical (unpaired) electrons. The molecule has 0 spiro atoms. The molecule has 1 aliphatic rings. The van der Waals surface area contributed by atoms with E-state index in [-0.39, 0.29) is 10.8 Å². The van der Waals surface area contributed by atoms with Crippen molar-refractivity contribution >= 4 is 21.6 Å². The third-order valence-corrected chi connectivity index (χ3v) is 6.45. The molecule has 0 atom stereocenters. The van der Waals surface area contributed by atoms with Crippen LogP contribution in [0.4, 0.5) is 5.69 Å². The van der Waals surface area contributed by atoms with E-state index in [1.165, 1.54) is 6.07 Å². The van der Waals surface area contributed by atoms with Crippen molar-refractivity contribution in [2.24, 2.45) is 0 Å². The van der Waals surface area contributed by atoms with Crippen molar-refractivity contribution in [1.29, 1.82) is 0 Å². The van der Waals surface area contributed by atoms with Gasteiger partial charge in [0.2, 0.25) is 0 Å². The predicted molar refractivity (Wildman–Crippen MR) is 113 cm³/mol. The summed E-state index contributed by atoms with van der Waals surface area (Å²) in [6.07, 6.45) is 0. The molecule has 8 heteroatoms. The monoisotopic (exact) mass is 417 g/mol. The maximum Gasteiger partial charge on any atom is 0.262 e. The number of hydrogen-bond acceptors (Lipinski definition) is 5. The van der Waals surface area contributed by atoms with Crippen molar-refractivity contribution in [3.63, 3.8) is 0 Å². The number of amides is 1. The van der Waals surface area contributed by atoms with Crippen LogP contribution in [0.2, 0.25) is 0 Å². The Kier molecular flexibility index (Phi) is 6.89.